The van der Waals surface area contributed by atoms with E-state index in [-0.39, 0.29) is 0 Å². The Balaban J connectivity index is 1.62. The third kappa shape index (κ3) is 2.65. The fourth-order valence-electron chi connectivity index (χ4n) is 3.44. The van der Waals surface area contributed by atoms with E-state index in [0.29, 0.717) is 6.04 Å². The van der Waals surface area contributed by atoms with Crippen molar-refractivity contribution in [3.8, 4) is 11.3 Å². The van der Waals surface area contributed by atoms with E-state index >= 15 is 0 Å². The molecule has 1 aliphatic carbocycles. The number of aromatic amines is 1. The summed E-state index contributed by atoms with van der Waals surface area (Å²) in [4.78, 5) is 2.48. The van der Waals surface area contributed by atoms with Crippen molar-refractivity contribution in [1.29, 1.82) is 0 Å². The van der Waals surface area contributed by atoms with Crippen LogP contribution in [0.4, 0.5) is 13.2 Å². The van der Waals surface area contributed by atoms with E-state index < -0.39 is 11.7 Å². The minimum atomic E-state index is -4.30. The van der Waals surface area contributed by atoms with Crippen molar-refractivity contribution in [2.24, 2.45) is 0 Å². The molecule has 0 radical (unpaired) electrons. The molecule has 0 atom stereocenters. The number of H-pyrrole nitrogens is 1. The maximum atomic E-state index is 12.7. The quantitative estimate of drug-likeness (QED) is 0.906. The third-order valence-corrected chi connectivity index (χ3v) is 5.04. The van der Waals surface area contributed by atoms with Crippen molar-refractivity contribution in [3.63, 3.8) is 0 Å². The van der Waals surface area contributed by atoms with Crippen LogP contribution >= 0.6 is 0 Å². The number of nitrogens with one attached hydrogen (secondary N) is 1. The van der Waals surface area contributed by atoms with Gasteiger partial charge in [-0.3, -0.25) is 10.00 Å². The molecule has 2 aliphatic rings. The molecule has 122 valence electrons. The highest BCUT2D eigenvalue weighted by atomic mass is 19.4. The Morgan fingerprint density at radius 1 is 1.13 bits per heavy atom. The first-order valence-corrected chi connectivity index (χ1v) is 8.00. The smallest absolute Gasteiger partial charge is 0.296 e. The molecule has 0 saturated heterocycles. The van der Waals surface area contributed by atoms with Crippen LogP contribution in [0.15, 0.2) is 24.3 Å². The van der Waals surface area contributed by atoms with Crippen LogP contribution in [0.3, 0.4) is 0 Å². The number of nitrogens with zero attached hydrogens (tertiary/aromatic N) is 2. The van der Waals surface area contributed by atoms with Crippen LogP contribution in [-0.4, -0.2) is 27.7 Å². The Labute approximate surface area is 132 Å². The number of hydrogen-bond acceptors (Lipinski definition) is 2. The summed E-state index contributed by atoms with van der Waals surface area (Å²) in [6, 6.07) is 5.95. The highest BCUT2D eigenvalue weighted by molar-refractivity contribution is 5.64. The van der Waals surface area contributed by atoms with Crippen molar-refractivity contribution < 1.29 is 13.2 Å². The summed E-state index contributed by atoms with van der Waals surface area (Å²) in [5, 5.41) is 7.43. The molecule has 6 heteroatoms. The standard InChI is InChI=1S/C17H18F3N3/c18-17(19,20)12-6-4-11(5-7-12)16-14-10-23(13-2-1-3-13)9-8-15(14)21-22-16/h4-7,13H,1-3,8-10H2,(H,21,22). The van der Waals surface area contributed by atoms with Gasteiger partial charge in [0.2, 0.25) is 0 Å². The molecule has 2 aromatic rings. The number of hydrogen-bond donors (Lipinski definition) is 1. The number of rotatable bonds is 2. The van der Waals surface area contributed by atoms with E-state index in [1.807, 2.05) is 0 Å². The minimum absolute atomic E-state index is 0.623. The van der Waals surface area contributed by atoms with E-state index in [2.05, 4.69) is 15.1 Å². The fraction of sp³-hybridized carbons (Fsp3) is 0.471. The van der Waals surface area contributed by atoms with Gasteiger partial charge in [-0.15, -0.1) is 0 Å². The summed E-state index contributed by atoms with van der Waals surface area (Å²) in [7, 11) is 0. The van der Waals surface area contributed by atoms with Crippen LogP contribution in [0, 0.1) is 0 Å². The molecular weight excluding hydrogens is 303 g/mol. The maximum absolute atomic E-state index is 12.7. The Hall–Kier alpha value is -1.82. The summed E-state index contributed by atoms with van der Waals surface area (Å²) >= 11 is 0. The van der Waals surface area contributed by atoms with Gasteiger partial charge in [-0.2, -0.15) is 18.3 Å². The molecule has 1 aromatic carbocycles. The van der Waals surface area contributed by atoms with E-state index in [4.69, 9.17) is 0 Å². The van der Waals surface area contributed by atoms with Crippen molar-refractivity contribution in [1.82, 2.24) is 15.1 Å². The monoisotopic (exact) mass is 321 g/mol. The predicted molar refractivity (Wildman–Crippen MR) is 80.8 cm³/mol. The summed E-state index contributed by atoms with van der Waals surface area (Å²) in [5.74, 6) is 0. The van der Waals surface area contributed by atoms with Gasteiger partial charge in [-0.05, 0) is 25.0 Å². The van der Waals surface area contributed by atoms with E-state index in [9.17, 15) is 13.2 Å². The normalized spacial score (nSPS) is 19.4. The van der Waals surface area contributed by atoms with Gasteiger partial charge < -0.3 is 0 Å². The molecule has 1 saturated carbocycles. The summed E-state index contributed by atoms with van der Waals surface area (Å²) in [6.07, 6.45) is 0.431. The van der Waals surface area contributed by atoms with Crippen LogP contribution < -0.4 is 0 Å². The van der Waals surface area contributed by atoms with Gasteiger partial charge in [-0.1, -0.05) is 18.6 Å². The summed E-state index contributed by atoms with van der Waals surface area (Å²) < 4.78 is 38.1. The second-order valence-electron chi connectivity index (χ2n) is 6.41. The maximum Gasteiger partial charge on any atom is 0.416 e. The molecule has 23 heavy (non-hydrogen) atoms. The van der Waals surface area contributed by atoms with Gasteiger partial charge in [0.15, 0.2) is 0 Å². The molecule has 0 spiro atoms. The highest BCUT2D eigenvalue weighted by Gasteiger charge is 2.32. The van der Waals surface area contributed by atoms with E-state index in [1.165, 1.54) is 31.4 Å². The molecule has 1 aliphatic heterocycles. The van der Waals surface area contributed by atoms with Gasteiger partial charge >= 0.3 is 6.18 Å². The lowest BCUT2D eigenvalue weighted by atomic mass is 9.89. The van der Waals surface area contributed by atoms with Gasteiger partial charge in [0.25, 0.3) is 0 Å². The largest absolute Gasteiger partial charge is 0.416 e. The van der Waals surface area contributed by atoms with Gasteiger partial charge in [0.1, 0.15) is 0 Å². The lowest BCUT2D eigenvalue weighted by Crippen LogP contribution is -2.42. The average molecular weight is 321 g/mol. The Kier molecular flexibility index (Phi) is 3.44. The molecule has 1 fully saturated rings. The lowest BCUT2D eigenvalue weighted by Gasteiger charge is -2.39. The van der Waals surface area contributed by atoms with E-state index in [1.54, 1.807) is 0 Å². The Morgan fingerprint density at radius 2 is 1.87 bits per heavy atom. The number of alkyl halides is 3. The molecule has 2 heterocycles. The second kappa shape index (κ2) is 5.37. The van der Waals surface area contributed by atoms with Crippen molar-refractivity contribution >= 4 is 0 Å². The predicted octanol–water partition coefficient (Wildman–Crippen LogP) is 4.01. The SMILES string of the molecule is FC(F)(F)c1ccc(-c2n[nH]c3c2CN(C2CCC2)CC3)cc1. The topological polar surface area (TPSA) is 31.9 Å². The first-order chi connectivity index (χ1) is 11.0. The zero-order valence-corrected chi connectivity index (χ0v) is 12.7. The average Bonchev–Trinajstić information content (AvgIpc) is 2.88. The first-order valence-electron chi connectivity index (χ1n) is 8.00. The van der Waals surface area contributed by atoms with Crippen molar-refractivity contribution in [3.05, 3.63) is 41.1 Å². The Morgan fingerprint density at radius 3 is 2.48 bits per heavy atom. The first kappa shape index (κ1) is 14.8. The van der Waals surface area contributed by atoms with E-state index in [0.717, 1.165) is 54.2 Å². The highest BCUT2D eigenvalue weighted by Crippen LogP contribution is 2.35. The third-order valence-electron chi connectivity index (χ3n) is 5.04. The van der Waals surface area contributed by atoms with Gasteiger partial charge in [0, 0.05) is 42.4 Å². The lowest BCUT2D eigenvalue weighted by molar-refractivity contribution is -0.137. The minimum Gasteiger partial charge on any atom is -0.296 e. The van der Waals surface area contributed by atoms with Crippen LogP contribution in [-0.2, 0) is 19.1 Å². The molecular formula is C17H18F3N3. The molecule has 4 rings (SSSR count). The van der Waals surface area contributed by atoms with Crippen LogP contribution in [0.1, 0.15) is 36.1 Å². The summed E-state index contributed by atoms with van der Waals surface area (Å²) in [6.45, 7) is 1.87. The zero-order valence-electron chi connectivity index (χ0n) is 12.7. The molecule has 1 aromatic heterocycles. The molecule has 1 N–H and O–H groups in total. The summed E-state index contributed by atoms with van der Waals surface area (Å²) in [5.41, 5.74) is 3.17. The molecule has 0 bridgehead atoms. The van der Waals surface area contributed by atoms with Crippen LogP contribution in [0.25, 0.3) is 11.3 Å². The number of halogens is 3. The van der Waals surface area contributed by atoms with Gasteiger partial charge in [-0.25, -0.2) is 0 Å². The zero-order chi connectivity index (χ0) is 16.0. The fourth-order valence-corrected chi connectivity index (χ4v) is 3.44. The molecule has 0 amide bonds. The van der Waals surface area contributed by atoms with Crippen LogP contribution in [0.2, 0.25) is 0 Å². The second-order valence-corrected chi connectivity index (χ2v) is 6.41. The number of aromatic nitrogens is 2. The number of benzene rings is 1. The molecule has 3 nitrogen and oxygen atoms in total. The van der Waals surface area contributed by atoms with Crippen molar-refractivity contribution in [2.45, 2.75) is 44.4 Å². The Bertz CT molecular complexity index is 699. The van der Waals surface area contributed by atoms with Gasteiger partial charge in [0.05, 0.1) is 11.3 Å². The number of fused-ring (bicyclic) bond motifs is 1. The van der Waals surface area contributed by atoms with Crippen molar-refractivity contribution in [2.75, 3.05) is 6.54 Å². The molecule has 0 unspecified atom stereocenters. The van der Waals surface area contributed by atoms with Crippen LogP contribution in [0.5, 0.6) is 0 Å².